The normalized spacial score (nSPS) is 12.9. The smallest absolute Gasteiger partial charge is 0.158 e. The highest BCUT2D eigenvalue weighted by Crippen LogP contribution is 2.30. The molecule has 7 heavy (non-hydrogen) atoms. The Bertz CT molecular complexity index is 55.2. The lowest BCUT2D eigenvalue weighted by molar-refractivity contribution is 0.761. The molecular formula is C4H12S2Si. The van der Waals surface area contributed by atoms with Crippen molar-refractivity contribution >= 4 is 31.3 Å². The third kappa shape index (κ3) is 3.50. The van der Waals surface area contributed by atoms with Gasteiger partial charge in [0.05, 0.1) is 0 Å². The van der Waals surface area contributed by atoms with Crippen LogP contribution in [0.1, 0.15) is 20.8 Å². The summed E-state index contributed by atoms with van der Waals surface area (Å²) in [5.41, 5.74) is 0. The lowest BCUT2D eigenvalue weighted by Gasteiger charge is -2.18. The van der Waals surface area contributed by atoms with E-state index in [0.717, 1.165) is 0 Å². The summed E-state index contributed by atoms with van der Waals surface area (Å²) >= 11 is 8.56. The van der Waals surface area contributed by atoms with Crippen LogP contribution in [0.4, 0.5) is 0 Å². The number of hydrogen-bond acceptors (Lipinski definition) is 2. The predicted molar refractivity (Wildman–Crippen MR) is 44.8 cm³/mol. The van der Waals surface area contributed by atoms with Crippen molar-refractivity contribution in [3.63, 3.8) is 0 Å². The quantitative estimate of drug-likeness (QED) is 0.384. The van der Waals surface area contributed by atoms with Gasteiger partial charge in [0, 0.05) is 0 Å². The van der Waals surface area contributed by atoms with E-state index in [9.17, 15) is 0 Å². The predicted octanol–water partition coefficient (Wildman–Crippen LogP) is 1.87. The fraction of sp³-hybridized carbons (Fsp3) is 1.00. The maximum atomic E-state index is 4.28. The lowest BCUT2D eigenvalue weighted by Crippen LogP contribution is -2.11. The van der Waals surface area contributed by atoms with E-state index in [-0.39, 0.29) is 0 Å². The SMILES string of the molecule is CC(C)(C)[SiH](S)S. The molecule has 3 heteroatoms. The monoisotopic (exact) mass is 152 g/mol. The molecule has 0 aromatic heterocycles. The first-order chi connectivity index (χ1) is 2.94. The van der Waals surface area contributed by atoms with Gasteiger partial charge in [0.1, 0.15) is 0 Å². The Morgan fingerprint density at radius 3 is 1.29 bits per heavy atom. The lowest BCUT2D eigenvalue weighted by atomic mass is 10.3. The van der Waals surface area contributed by atoms with Crippen LogP contribution in [0.3, 0.4) is 0 Å². The van der Waals surface area contributed by atoms with Crippen LogP contribution in [0.2, 0.25) is 5.04 Å². The van der Waals surface area contributed by atoms with Gasteiger partial charge in [-0.15, -0.1) is 0 Å². The molecule has 0 aromatic rings. The van der Waals surface area contributed by atoms with E-state index in [1.165, 1.54) is 0 Å². The standard InChI is InChI=1S/C4H12S2Si/c1-4(2,3)7(5)6/h5-7H,1-3H3. The van der Waals surface area contributed by atoms with E-state index in [1.54, 1.807) is 0 Å². The van der Waals surface area contributed by atoms with Gasteiger partial charge in [-0.2, -0.15) is 24.2 Å². The van der Waals surface area contributed by atoms with Crippen molar-refractivity contribution < 1.29 is 0 Å². The molecule has 0 rings (SSSR count). The van der Waals surface area contributed by atoms with Crippen LogP contribution in [0.25, 0.3) is 0 Å². The largest absolute Gasteiger partial charge is 0.193 e. The van der Waals surface area contributed by atoms with Gasteiger partial charge in [0.25, 0.3) is 0 Å². The van der Waals surface area contributed by atoms with Gasteiger partial charge in [-0.1, -0.05) is 20.8 Å². The molecule has 0 bridgehead atoms. The van der Waals surface area contributed by atoms with Gasteiger partial charge >= 0.3 is 0 Å². The maximum Gasteiger partial charge on any atom is 0.158 e. The van der Waals surface area contributed by atoms with Gasteiger partial charge in [-0.05, 0) is 5.04 Å². The minimum atomic E-state index is -0.970. The fourth-order valence-corrected chi connectivity index (χ4v) is 0. The van der Waals surface area contributed by atoms with E-state index in [1.807, 2.05) is 0 Å². The summed E-state index contributed by atoms with van der Waals surface area (Å²) in [6.45, 7) is 6.51. The Morgan fingerprint density at radius 1 is 1.14 bits per heavy atom. The van der Waals surface area contributed by atoms with Gasteiger partial charge < -0.3 is 0 Å². The third-order valence-electron chi connectivity index (χ3n) is 0.775. The number of thiol groups is 2. The summed E-state index contributed by atoms with van der Waals surface area (Å²) in [4.78, 5) is 0. The molecule has 0 aromatic carbocycles. The highest BCUT2D eigenvalue weighted by Gasteiger charge is 2.17. The Balaban J connectivity index is 3.54. The molecule has 0 saturated carbocycles. The molecule has 0 N–H and O–H groups in total. The van der Waals surface area contributed by atoms with Crippen molar-refractivity contribution in [1.82, 2.24) is 0 Å². The topological polar surface area (TPSA) is 0 Å². The third-order valence-corrected chi connectivity index (χ3v) is 6.97. The summed E-state index contributed by atoms with van der Waals surface area (Å²) in [5, 5.41) is 0.367. The van der Waals surface area contributed by atoms with E-state index < -0.39 is 7.10 Å². The van der Waals surface area contributed by atoms with E-state index >= 15 is 0 Å². The molecule has 44 valence electrons. The summed E-state index contributed by atoms with van der Waals surface area (Å²) in [7, 11) is -0.970. The second-order valence-corrected chi connectivity index (χ2v) is 9.54. The van der Waals surface area contributed by atoms with Crippen molar-refractivity contribution in [3.8, 4) is 0 Å². The average molecular weight is 152 g/mol. The first-order valence-corrected chi connectivity index (χ1v) is 7.01. The minimum absolute atomic E-state index is 0.367. The summed E-state index contributed by atoms with van der Waals surface area (Å²) < 4.78 is 0. The molecule has 0 nitrogen and oxygen atoms in total. The zero-order chi connectivity index (χ0) is 6.08. The molecule has 0 atom stereocenters. The fourth-order valence-electron chi connectivity index (χ4n) is 0. The molecule has 0 radical (unpaired) electrons. The van der Waals surface area contributed by atoms with Crippen molar-refractivity contribution in [2.75, 3.05) is 0 Å². The highest BCUT2D eigenvalue weighted by atomic mass is 32.5. The maximum absolute atomic E-state index is 4.28. The number of hydrogen-bond donors (Lipinski definition) is 2. The molecule has 0 saturated heterocycles. The summed E-state index contributed by atoms with van der Waals surface area (Å²) in [5.74, 6) is 0. The summed E-state index contributed by atoms with van der Waals surface area (Å²) in [6.07, 6.45) is 0. The first kappa shape index (κ1) is 7.92. The molecule has 0 aliphatic rings. The van der Waals surface area contributed by atoms with Crippen LogP contribution in [-0.2, 0) is 0 Å². The van der Waals surface area contributed by atoms with E-state index in [0.29, 0.717) is 5.04 Å². The number of rotatable bonds is 0. The highest BCUT2D eigenvalue weighted by molar-refractivity contribution is 8.41. The van der Waals surface area contributed by atoms with Crippen LogP contribution < -0.4 is 0 Å². The minimum Gasteiger partial charge on any atom is -0.193 e. The van der Waals surface area contributed by atoms with Gasteiger partial charge in [0.2, 0.25) is 0 Å². The van der Waals surface area contributed by atoms with Crippen molar-refractivity contribution in [1.29, 1.82) is 0 Å². The van der Waals surface area contributed by atoms with Crippen molar-refractivity contribution in [2.45, 2.75) is 25.8 Å². The second kappa shape index (κ2) is 2.46. The van der Waals surface area contributed by atoms with E-state index in [2.05, 4.69) is 44.9 Å². The van der Waals surface area contributed by atoms with Crippen LogP contribution >= 0.6 is 24.2 Å². The second-order valence-electron chi connectivity index (χ2n) is 2.74. The molecule has 0 aliphatic heterocycles. The summed E-state index contributed by atoms with van der Waals surface area (Å²) in [6, 6.07) is 0. The molecule has 0 spiro atoms. The first-order valence-electron chi connectivity index (χ1n) is 2.31. The van der Waals surface area contributed by atoms with Crippen LogP contribution in [0.15, 0.2) is 0 Å². The molecule has 0 aliphatic carbocycles. The average Bonchev–Trinajstić information content (AvgIpc) is 1.31. The molecular weight excluding hydrogens is 140 g/mol. The van der Waals surface area contributed by atoms with Crippen LogP contribution in [0, 0.1) is 0 Å². The van der Waals surface area contributed by atoms with Crippen molar-refractivity contribution in [2.24, 2.45) is 0 Å². The van der Waals surface area contributed by atoms with Crippen molar-refractivity contribution in [3.05, 3.63) is 0 Å². The molecule has 0 heterocycles. The zero-order valence-corrected chi connectivity index (χ0v) is 7.92. The Kier molecular flexibility index (Phi) is 2.78. The Labute approximate surface area is 57.4 Å². The molecule has 0 unspecified atom stereocenters. The van der Waals surface area contributed by atoms with Gasteiger partial charge in [-0.25, -0.2) is 0 Å². The van der Waals surface area contributed by atoms with Crippen LogP contribution in [-0.4, -0.2) is 7.10 Å². The van der Waals surface area contributed by atoms with Gasteiger partial charge in [-0.3, -0.25) is 0 Å². The molecule has 0 fully saturated rings. The van der Waals surface area contributed by atoms with Crippen LogP contribution in [0.5, 0.6) is 0 Å². The molecule has 0 amide bonds. The zero-order valence-electron chi connectivity index (χ0n) is 4.97. The van der Waals surface area contributed by atoms with Gasteiger partial charge in [0.15, 0.2) is 7.10 Å². The van der Waals surface area contributed by atoms with E-state index in [4.69, 9.17) is 0 Å². The Hall–Kier alpha value is 0.917. The Morgan fingerprint density at radius 2 is 1.29 bits per heavy atom.